The summed E-state index contributed by atoms with van der Waals surface area (Å²) in [6.45, 7) is 0.499. The molecule has 26 heavy (non-hydrogen) atoms. The average molecular weight is 387 g/mol. The van der Waals surface area contributed by atoms with Gasteiger partial charge >= 0.3 is 0 Å². The van der Waals surface area contributed by atoms with Gasteiger partial charge in [0.05, 0.1) is 22.8 Å². The third-order valence-electron chi connectivity index (χ3n) is 4.65. The second-order valence-electron chi connectivity index (χ2n) is 6.45. The van der Waals surface area contributed by atoms with Gasteiger partial charge < -0.3 is 4.98 Å². The van der Waals surface area contributed by atoms with Crippen LogP contribution in [-0.2, 0) is 15.8 Å². The first-order valence-corrected chi connectivity index (χ1v) is 11.0. The molecule has 1 unspecified atom stereocenters. The van der Waals surface area contributed by atoms with Crippen LogP contribution in [0.3, 0.4) is 0 Å². The number of rotatable bonds is 4. The molecule has 3 aromatic rings. The first-order valence-electron chi connectivity index (χ1n) is 8.48. The summed E-state index contributed by atoms with van der Waals surface area (Å²) in [6, 6.07) is 11.2. The number of fused-ring (bicyclic) bond motifs is 1. The number of H-pyrrole nitrogens is 1. The zero-order chi connectivity index (χ0) is 18.1. The Morgan fingerprint density at radius 3 is 2.96 bits per heavy atom. The van der Waals surface area contributed by atoms with Gasteiger partial charge in [-0.2, -0.15) is 9.57 Å². The van der Waals surface area contributed by atoms with Crippen LogP contribution in [0.5, 0.6) is 0 Å². The number of nitrogens with one attached hydrogen (secondary N) is 1. The molecule has 6 nitrogen and oxygen atoms in total. The highest BCUT2D eigenvalue weighted by atomic mass is 32.2. The Labute approximate surface area is 156 Å². The monoisotopic (exact) mass is 386 g/mol. The normalized spacial score (nSPS) is 18.8. The minimum Gasteiger partial charge on any atom is -0.341 e. The molecule has 1 aliphatic heterocycles. The third kappa shape index (κ3) is 3.26. The van der Waals surface area contributed by atoms with E-state index in [-0.39, 0.29) is 11.8 Å². The molecule has 8 heteroatoms. The fourth-order valence-corrected chi connectivity index (χ4v) is 6.01. The van der Waals surface area contributed by atoms with Crippen molar-refractivity contribution in [2.75, 3.05) is 6.54 Å². The molecule has 2 aromatic heterocycles. The van der Waals surface area contributed by atoms with Gasteiger partial charge in [0, 0.05) is 6.54 Å². The Morgan fingerprint density at radius 1 is 1.35 bits per heavy atom. The standard InChI is InChI=1S/C18H18N4O2S2/c19-10-14-9-13(11-25-14)12-26(23,24)22-8-4-3-7-17(22)18-20-15-5-1-2-6-16(15)21-18/h1-2,5-6,9,11,17H,3-4,7-8,12H2,(H,20,21). The number of aromatic amines is 1. The largest absolute Gasteiger partial charge is 0.341 e. The highest BCUT2D eigenvalue weighted by Crippen LogP contribution is 2.34. The SMILES string of the molecule is N#Cc1cc(CS(=O)(=O)N2CCCCC2c2nc3ccccc3[nH]2)cs1. The highest BCUT2D eigenvalue weighted by Gasteiger charge is 2.35. The molecule has 0 radical (unpaired) electrons. The Balaban J connectivity index is 1.64. The van der Waals surface area contributed by atoms with Crippen LogP contribution in [0, 0.1) is 11.3 Å². The second kappa shape index (κ2) is 6.83. The molecule has 1 saturated heterocycles. The number of nitriles is 1. The molecule has 0 spiro atoms. The minimum atomic E-state index is -3.50. The van der Waals surface area contributed by atoms with Crippen LogP contribution in [-0.4, -0.2) is 29.2 Å². The van der Waals surface area contributed by atoms with Crippen molar-refractivity contribution in [3.05, 3.63) is 52.0 Å². The molecule has 4 rings (SSSR count). The van der Waals surface area contributed by atoms with E-state index in [0.717, 1.165) is 30.3 Å². The van der Waals surface area contributed by atoms with Gasteiger partial charge in [-0.1, -0.05) is 18.6 Å². The molecule has 134 valence electrons. The lowest BCUT2D eigenvalue weighted by molar-refractivity contribution is 0.247. The maximum Gasteiger partial charge on any atom is 0.218 e. The zero-order valence-electron chi connectivity index (χ0n) is 14.1. The van der Waals surface area contributed by atoms with E-state index in [2.05, 4.69) is 16.0 Å². The van der Waals surface area contributed by atoms with Crippen molar-refractivity contribution in [3.8, 4) is 6.07 Å². The molecule has 0 aliphatic carbocycles. The first-order chi connectivity index (χ1) is 12.6. The number of benzene rings is 1. The summed E-state index contributed by atoms with van der Waals surface area (Å²) in [5.41, 5.74) is 2.43. The zero-order valence-corrected chi connectivity index (χ0v) is 15.7. The summed E-state index contributed by atoms with van der Waals surface area (Å²) in [5, 5.41) is 10.7. The van der Waals surface area contributed by atoms with E-state index in [0.29, 0.717) is 22.8 Å². The fraction of sp³-hybridized carbons (Fsp3) is 0.333. The van der Waals surface area contributed by atoms with Gasteiger partial charge in [0.1, 0.15) is 16.8 Å². The molecule has 1 aliphatic rings. The van der Waals surface area contributed by atoms with Crippen LogP contribution in [0.4, 0.5) is 0 Å². The van der Waals surface area contributed by atoms with Crippen molar-refractivity contribution in [1.29, 1.82) is 5.26 Å². The van der Waals surface area contributed by atoms with E-state index in [1.807, 2.05) is 24.3 Å². The summed E-state index contributed by atoms with van der Waals surface area (Å²) < 4.78 is 27.7. The first kappa shape index (κ1) is 17.2. The number of para-hydroxylation sites is 2. The molecule has 1 aromatic carbocycles. The van der Waals surface area contributed by atoms with E-state index in [1.165, 1.54) is 11.3 Å². The van der Waals surface area contributed by atoms with Crippen LogP contribution in [0.2, 0.25) is 0 Å². The summed E-state index contributed by atoms with van der Waals surface area (Å²) in [4.78, 5) is 8.44. The Kier molecular flexibility index (Phi) is 4.53. The van der Waals surface area contributed by atoms with E-state index in [4.69, 9.17) is 5.26 Å². The highest BCUT2D eigenvalue weighted by molar-refractivity contribution is 7.88. The van der Waals surface area contributed by atoms with E-state index in [9.17, 15) is 8.42 Å². The van der Waals surface area contributed by atoms with Crippen molar-refractivity contribution in [1.82, 2.24) is 14.3 Å². The molecule has 0 amide bonds. The van der Waals surface area contributed by atoms with Crippen LogP contribution in [0.25, 0.3) is 11.0 Å². The number of hydrogen-bond acceptors (Lipinski definition) is 5. The summed E-state index contributed by atoms with van der Waals surface area (Å²) in [7, 11) is -3.50. The van der Waals surface area contributed by atoms with Gasteiger partial charge in [-0.25, -0.2) is 13.4 Å². The van der Waals surface area contributed by atoms with Crippen molar-refractivity contribution < 1.29 is 8.42 Å². The maximum absolute atomic E-state index is 13.1. The molecule has 0 bridgehead atoms. The number of hydrogen-bond donors (Lipinski definition) is 1. The molecule has 1 atom stereocenters. The molecule has 3 heterocycles. The van der Waals surface area contributed by atoms with Crippen molar-refractivity contribution in [2.24, 2.45) is 0 Å². The van der Waals surface area contributed by atoms with Gasteiger partial charge in [-0.05, 0) is 42.0 Å². The lowest BCUT2D eigenvalue weighted by Crippen LogP contribution is -2.39. The Hall–Kier alpha value is -2.21. The maximum atomic E-state index is 13.1. The third-order valence-corrected chi connectivity index (χ3v) is 7.38. The lowest BCUT2D eigenvalue weighted by atomic mass is 10.0. The second-order valence-corrected chi connectivity index (χ2v) is 9.28. The number of aromatic nitrogens is 2. The van der Waals surface area contributed by atoms with Crippen LogP contribution in [0.1, 0.15) is 41.6 Å². The topological polar surface area (TPSA) is 89.8 Å². The fourth-order valence-electron chi connectivity index (χ4n) is 3.45. The van der Waals surface area contributed by atoms with Crippen LogP contribution in [0.15, 0.2) is 35.7 Å². The minimum absolute atomic E-state index is 0.0814. The summed E-state index contributed by atoms with van der Waals surface area (Å²) in [6.07, 6.45) is 2.58. The van der Waals surface area contributed by atoms with Gasteiger partial charge in [-0.3, -0.25) is 0 Å². The van der Waals surface area contributed by atoms with Crippen molar-refractivity contribution >= 4 is 32.4 Å². The van der Waals surface area contributed by atoms with Crippen molar-refractivity contribution in [2.45, 2.75) is 31.1 Å². The van der Waals surface area contributed by atoms with Gasteiger partial charge in [-0.15, -0.1) is 11.3 Å². The predicted octanol–water partition coefficient (Wildman–Crippen LogP) is 3.55. The number of imidazole rings is 1. The molecular formula is C18H18N4O2S2. The van der Waals surface area contributed by atoms with E-state index < -0.39 is 10.0 Å². The average Bonchev–Trinajstić information content (AvgIpc) is 3.27. The number of thiophene rings is 1. The van der Waals surface area contributed by atoms with Gasteiger partial charge in [0.2, 0.25) is 10.0 Å². The summed E-state index contributed by atoms with van der Waals surface area (Å²) >= 11 is 1.27. The predicted molar refractivity (Wildman–Crippen MR) is 101 cm³/mol. The van der Waals surface area contributed by atoms with Gasteiger partial charge in [0.25, 0.3) is 0 Å². The Morgan fingerprint density at radius 2 is 2.19 bits per heavy atom. The van der Waals surface area contributed by atoms with E-state index in [1.54, 1.807) is 15.8 Å². The number of nitrogens with zero attached hydrogens (tertiary/aromatic N) is 3. The lowest BCUT2D eigenvalue weighted by Gasteiger charge is -2.33. The molecule has 0 saturated carbocycles. The number of sulfonamides is 1. The Bertz CT molecular complexity index is 1040. The van der Waals surface area contributed by atoms with Crippen LogP contribution < -0.4 is 0 Å². The quantitative estimate of drug-likeness (QED) is 0.742. The van der Waals surface area contributed by atoms with Crippen molar-refractivity contribution in [3.63, 3.8) is 0 Å². The van der Waals surface area contributed by atoms with Gasteiger partial charge in [0.15, 0.2) is 0 Å². The molecule has 1 N–H and O–H groups in total. The summed E-state index contributed by atoms with van der Waals surface area (Å²) in [5.74, 6) is 0.625. The van der Waals surface area contributed by atoms with Crippen LogP contribution >= 0.6 is 11.3 Å². The molecule has 1 fully saturated rings. The van der Waals surface area contributed by atoms with E-state index >= 15 is 0 Å². The number of piperidine rings is 1. The smallest absolute Gasteiger partial charge is 0.218 e. The molecular weight excluding hydrogens is 368 g/mol.